The highest BCUT2D eigenvalue weighted by Gasteiger charge is 2.38. The van der Waals surface area contributed by atoms with Crippen LogP contribution in [0.1, 0.15) is 12.8 Å². The van der Waals surface area contributed by atoms with Crippen molar-refractivity contribution in [2.45, 2.75) is 18.9 Å². The number of aliphatic carboxylic acids is 1. The molecule has 1 saturated heterocycles. The third-order valence-corrected chi connectivity index (χ3v) is 3.00. The maximum absolute atomic E-state index is 12.1. The van der Waals surface area contributed by atoms with Crippen molar-refractivity contribution >= 4 is 23.6 Å². The standard InChI is InChI=1S/C13H14N2O5/c1-20-9-4-2-8(3-5-9)15-12(18)10(14-13(15)19)6-7-11(16)17/h2-5,10H,6-7H2,1H3,(H,14,19)(H,16,17). The number of amides is 3. The lowest BCUT2D eigenvalue weighted by Gasteiger charge is -2.13. The van der Waals surface area contributed by atoms with Crippen molar-refractivity contribution in [1.29, 1.82) is 0 Å². The number of hydrogen-bond acceptors (Lipinski definition) is 4. The lowest BCUT2D eigenvalue weighted by Crippen LogP contribution is -2.31. The second-order valence-electron chi connectivity index (χ2n) is 4.31. The molecule has 106 valence electrons. The molecule has 1 aliphatic rings. The molecule has 1 fully saturated rings. The lowest BCUT2D eigenvalue weighted by atomic mass is 10.1. The van der Waals surface area contributed by atoms with Gasteiger partial charge >= 0.3 is 12.0 Å². The average molecular weight is 278 g/mol. The van der Waals surface area contributed by atoms with Gasteiger partial charge in [-0.3, -0.25) is 9.59 Å². The van der Waals surface area contributed by atoms with Crippen LogP contribution < -0.4 is 15.0 Å². The van der Waals surface area contributed by atoms with E-state index in [1.807, 2.05) is 0 Å². The highest BCUT2D eigenvalue weighted by atomic mass is 16.5. The minimum Gasteiger partial charge on any atom is -0.497 e. The SMILES string of the molecule is COc1ccc(N2C(=O)NC(CCC(=O)O)C2=O)cc1. The number of nitrogens with zero attached hydrogens (tertiary/aromatic N) is 1. The van der Waals surface area contributed by atoms with Crippen molar-refractivity contribution < 1.29 is 24.2 Å². The van der Waals surface area contributed by atoms with Crippen LogP contribution in [0.15, 0.2) is 24.3 Å². The van der Waals surface area contributed by atoms with Crippen LogP contribution >= 0.6 is 0 Å². The van der Waals surface area contributed by atoms with Gasteiger partial charge in [0.2, 0.25) is 0 Å². The summed E-state index contributed by atoms with van der Waals surface area (Å²) in [5.41, 5.74) is 0.422. The number of hydrogen-bond donors (Lipinski definition) is 2. The molecule has 20 heavy (non-hydrogen) atoms. The van der Waals surface area contributed by atoms with Crippen LogP contribution in [-0.4, -0.2) is 36.2 Å². The summed E-state index contributed by atoms with van der Waals surface area (Å²) in [4.78, 5) is 35.4. The Morgan fingerprint density at radius 3 is 2.55 bits per heavy atom. The summed E-state index contributed by atoms with van der Waals surface area (Å²) < 4.78 is 5.00. The van der Waals surface area contributed by atoms with E-state index in [1.165, 1.54) is 7.11 Å². The van der Waals surface area contributed by atoms with E-state index in [2.05, 4.69) is 5.32 Å². The second-order valence-corrected chi connectivity index (χ2v) is 4.31. The largest absolute Gasteiger partial charge is 0.497 e. The number of carboxylic acid groups (broad SMARTS) is 1. The van der Waals surface area contributed by atoms with Crippen LogP contribution in [0.5, 0.6) is 5.75 Å². The first-order valence-electron chi connectivity index (χ1n) is 6.03. The van der Waals surface area contributed by atoms with Gasteiger partial charge in [0, 0.05) is 6.42 Å². The zero-order chi connectivity index (χ0) is 14.7. The summed E-state index contributed by atoms with van der Waals surface area (Å²) in [5.74, 6) is -0.834. The summed E-state index contributed by atoms with van der Waals surface area (Å²) in [6, 6.07) is 5.13. The quantitative estimate of drug-likeness (QED) is 0.783. The van der Waals surface area contributed by atoms with E-state index in [9.17, 15) is 14.4 Å². The molecule has 0 aliphatic carbocycles. The number of ether oxygens (including phenoxy) is 1. The number of rotatable bonds is 5. The Bertz CT molecular complexity index is 540. The van der Waals surface area contributed by atoms with Gasteiger partial charge in [-0.1, -0.05) is 0 Å². The van der Waals surface area contributed by atoms with Gasteiger partial charge in [0.05, 0.1) is 12.8 Å². The zero-order valence-corrected chi connectivity index (χ0v) is 10.8. The van der Waals surface area contributed by atoms with Crippen molar-refractivity contribution in [3.63, 3.8) is 0 Å². The molecule has 0 spiro atoms. The summed E-state index contributed by atoms with van der Waals surface area (Å²) in [7, 11) is 1.52. The third kappa shape index (κ3) is 2.71. The van der Waals surface area contributed by atoms with Crippen LogP contribution in [0.3, 0.4) is 0 Å². The molecule has 1 heterocycles. The Labute approximate surface area is 115 Å². The van der Waals surface area contributed by atoms with Gasteiger partial charge in [0.1, 0.15) is 11.8 Å². The summed E-state index contributed by atoms with van der Waals surface area (Å²) in [5, 5.41) is 11.1. The van der Waals surface area contributed by atoms with Gasteiger partial charge in [-0.15, -0.1) is 0 Å². The first kappa shape index (κ1) is 13.9. The maximum Gasteiger partial charge on any atom is 0.329 e. The van der Waals surface area contributed by atoms with Crippen molar-refractivity contribution in [1.82, 2.24) is 5.32 Å². The number of nitrogens with one attached hydrogen (secondary N) is 1. The molecule has 0 radical (unpaired) electrons. The molecule has 7 nitrogen and oxygen atoms in total. The Kier molecular flexibility index (Phi) is 3.88. The molecule has 0 saturated carbocycles. The van der Waals surface area contributed by atoms with Crippen LogP contribution in [0.25, 0.3) is 0 Å². The minimum atomic E-state index is -1.00. The van der Waals surface area contributed by atoms with E-state index >= 15 is 0 Å². The number of imide groups is 1. The van der Waals surface area contributed by atoms with E-state index in [0.717, 1.165) is 4.90 Å². The molecular formula is C13H14N2O5. The third-order valence-electron chi connectivity index (χ3n) is 3.00. The Morgan fingerprint density at radius 2 is 2.00 bits per heavy atom. The predicted molar refractivity (Wildman–Crippen MR) is 69.7 cm³/mol. The van der Waals surface area contributed by atoms with Gasteiger partial charge < -0.3 is 15.2 Å². The topological polar surface area (TPSA) is 95.9 Å². The number of carbonyl (C=O) groups is 3. The van der Waals surface area contributed by atoms with Gasteiger partial charge in [0.25, 0.3) is 5.91 Å². The molecule has 1 aromatic carbocycles. The number of urea groups is 1. The number of anilines is 1. The zero-order valence-electron chi connectivity index (χ0n) is 10.8. The molecule has 1 aromatic rings. The van der Waals surface area contributed by atoms with Crippen LogP contribution in [-0.2, 0) is 9.59 Å². The lowest BCUT2D eigenvalue weighted by molar-refractivity contribution is -0.137. The molecule has 2 N–H and O–H groups in total. The number of benzene rings is 1. The van der Waals surface area contributed by atoms with Crippen molar-refractivity contribution in [2.75, 3.05) is 12.0 Å². The van der Waals surface area contributed by atoms with Gasteiger partial charge in [0.15, 0.2) is 0 Å². The normalized spacial score (nSPS) is 18.1. The number of carbonyl (C=O) groups excluding carboxylic acids is 2. The molecule has 1 atom stereocenters. The predicted octanol–water partition coefficient (Wildman–Crippen LogP) is 0.985. The van der Waals surface area contributed by atoms with Crippen LogP contribution in [0.4, 0.5) is 10.5 Å². The smallest absolute Gasteiger partial charge is 0.329 e. The second kappa shape index (κ2) is 5.60. The Morgan fingerprint density at radius 1 is 1.35 bits per heavy atom. The van der Waals surface area contributed by atoms with Crippen molar-refractivity contribution in [3.05, 3.63) is 24.3 Å². The van der Waals surface area contributed by atoms with Crippen molar-refractivity contribution in [3.8, 4) is 5.75 Å². The van der Waals surface area contributed by atoms with E-state index in [1.54, 1.807) is 24.3 Å². The minimum absolute atomic E-state index is 0.0760. The first-order chi connectivity index (χ1) is 9.52. The molecule has 2 rings (SSSR count). The molecule has 7 heteroatoms. The summed E-state index contributed by atoms with van der Waals surface area (Å²) in [6.07, 6.45) is -0.0975. The summed E-state index contributed by atoms with van der Waals surface area (Å²) in [6.45, 7) is 0. The van der Waals surface area contributed by atoms with E-state index in [-0.39, 0.29) is 12.8 Å². The number of methoxy groups -OCH3 is 1. The van der Waals surface area contributed by atoms with Crippen LogP contribution in [0.2, 0.25) is 0 Å². The highest BCUT2D eigenvalue weighted by molar-refractivity contribution is 6.21. The molecule has 1 unspecified atom stereocenters. The molecule has 0 bridgehead atoms. The fraction of sp³-hybridized carbons (Fsp3) is 0.308. The maximum atomic E-state index is 12.1. The monoisotopic (exact) mass is 278 g/mol. The highest BCUT2D eigenvalue weighted by Crippen LogP contribution is 2.23. The molecule has 1 aliphatic heterocycles. The summed E-state index contributed by atoms with van der Waals surface area (Å²) >= 11 is 0. The fourth-order valence-electron chi connectivity index (χ4n) is 1.97. The number of carboxylic acids is 1. The van der Waals surface area contributed by atoms with Gasteiger partial charge in [-0.05, 0) is 30.7 Å². The Hall–Kier alpha value is -2.57. The van der Waals surface area contributed by atoms with Gasteiger partial charge in [-0.25, -0.2) is 9.69 Å². The molecular weight excluding hydrogens is 264 g/mol. The Balaban J connectivity index is 2.13. The molecule has 3 amide bonds. The van der Waals surface area contributed by atoms with E-state index in [4.69, 9.17) is 9.84 Å². The first-order valence-corrected chi connectivity index (χ1v) is 6.03. The molecule has 0 aromatic heterocycles. The van der Waals surface area contributed by atoms with Gasteiger partial charge in [-0.2, -0.15) is 0 Å². The van der Waals surface area contributed by atoms with Crippen LogP contribution in [0, 0.1) is 0 Å². The average Bonchev–Trinajstić information content (AvgIpc) is 2.71. The fourth-order valence-corrected chi connectivity index (χ4v) is 1.97. The van der Waals surface area contributed by atoms with E-state index in [0.29, 0.717) is 11.4 Å². The van der Waals surface area contributed by atoms with Crippen molar-refractivity contribution in [2.24, 2.45) is 0 Å². The van der Waals surface area contributed by atoms with E-state index < -0.39 is 23.9 Å².